The van der Waals surface area contributed by atoms with Crippen LogP contribution >= 0.6 is 11.6 Å². The quantitative estimate of drug-likeness (QED) is 0.933. The van der Waals surface area contributed by atoms with Gasteiger partial charge in [0.2, 0.25) is 5.91 Å². The second-order valence-corrected chi connectivity index (χ2v) is 5.27. The number of nitrogens with one attached hydrogen (secondary N) is 1. The molecule has 5 heteroatoms. The lowest BCUT2D eigenvalue weighted by atomic mass is 10.1. The maximum atomic E-state index is 13.6. The van der Waals surface area contributed by atoms with Crippen molar-refractivity contribution in [3.05, 3.63) is 58.9 Å². The van der Waals surface area contributed by atoms with E-state index in [2.05, 4.69) is 5.32 Å². The maximum Gasteiger partial charge on any atom is 0.228 e. The van der Waals surface area contributed by atoms with Gasteiger partial charge in [-0.05, 0) is 36.4 Å². The summed E-state index contributed by atoms with van der Waals surface area (Å²) in [6.45, 7) is 0. The topological polar surface area (TPSA) is 32.3 Å². The van der Waals surface area contributed by atoms with Crippen LogP contribution in [-0.2, 0) is 11.2 Å². The van der Waals surface area contributed by atoms with Crippen molar-refractivity contribution < 1.29 is 9.18 Å². The molecule has 0 saturated heterocycles. The molecule has 21 heavy (non-hydrogen) atoms. The van der Waals surface area contributed by atoms with Gasteiger partial charge in [-0.25, -0.2) is 4.39 Å². The summed E-state index contributed by atoms with van der Waals surface area (Å²) >= 11 is 5.91. The van der Waals surface area contributed by atoms with E-state index in [4.69, 9.17) is 11.6 Å². The van der Waals surface area contributed by atoms with Gasteiger partial charge in [-0.2, -0.15) is 0 Å². The molecule has 0 aliphatic rings. The van der Waals surface area contributed by atoms with Crippen LogP contribution in [0.1, 0.15) is 5.56 Å². The molecule has 0 atom stereocenters. The van der Waals surface area contributed by atoms with E-state index in [-0.39, 0.29) is 22.9 Å². The van der Waals surface area contributed by atoms with Gasteiger partial charge in [0.1, 0.15) is 5.82 Å². The summed E-state index contributed by atoms with van der Waals surface area (Å²) < 4.78 is 13.6. The van der Waals surface area contributed by atoms with Crippen LogP contribution in [0.3, 0.4) is 0 Å². The molecule has 0 fully saturated rings. The summed E-state index contributed by atoms with van der Waals surface area (Å²) in [6, 6.07) is 11.8. The smallest absolute Gasteiger partial charge is 0.228 e. The molecular formula is C16H16ClFN2O. The number of hydrogen-bond acceptors (Lipinski definition) is 2. The van der Waals surface area contributed by atoms with Crippen LogP contribution in [0.25, 0.3) is 0 Å². The minimum absolute atomic E-state index is 0.0963. The van der Waals surface area contributed by atoms with Gasteiger partial charge in [0.25, 0.3) is 0 Å². The fourth-order valence-corrected chi connectivity index (χ4v) is 2.14. The Kier molecular flexibility index (Phi) is 4.81. The second-order valence-electron chi connectivity index (χ2n) is 4.87. The lowest BCUT2D eigenvalue weighted by Crippen LogP contribution is -2.15. The van der Waals surface area contributed by atoms with Crippen LogP contribution in [0.4, 0.5) is 15.8 Å². The number of nitrogens with zero attached hydrogens (tertiary/aromatic N) is 1. The van der Waals surface area contributed by atoms with Crippen molar-refractivity contribution in [2.24, 2.45) is 0 Å². The van der Waals surface area contributed by atoms with E-state index in [9.17, 15) is 9.18 Å². The highest BCUT2D eigenvalue weighted by Crippen LogP contribution is 2.20. The molecule has 2 aromatic rings. The van der Waals surface area contributed by atoms with Crippen LogP contribution in [0.5, 0.6) is 0 Å². The van der Waals surface area contributed by atoms with Crippen molar-refractivity contribution in [3.63, 3.8) is 0 Å². The molecule has 3 nitrogen and oxygen atoms in total. The number of benzene rings is 2. The summed E-state index contributed by atoms with van der Waals surface area (Å²) in [5.41, 5.74) is 1.91. The van der Waals surface area contributed by atoms with Crippen molar-refractivity contribution in [3.8, 4) is 0 Å². The molecule has 0 unspecified atom stereocenters. The summed E-state index contributed by atoms with van der Waals surface area (Å²) in [5.74, 6) is -0.778. The van der Waals surface area contributed by atoms with Gasteiger partial charge < -0.3 is 10.2 Å². The summed E-state index contributed by atoms with van der Waals surface area (Å²) in [7, 11) is 3.88. The highest BCUT2D eigenvalue weighted by atomic mass is 35.5. The maximum absolute atomic E-state index is 13.6. The average Bonchev–Trinajstić information content (AvgIpc) is 2.43. The third kappa shape index (κ3) is 3.95. The van der Waals surface area contributed by atoms with Crippen LogP contribution in [0.2, 0.25) is 5.02 Å². The zero-order chi connectivity index (χ0) is 15.4. The van der Waals surface area contributed by atoms with Crippen molar-refractivity contribution >= 4 is 28.9 Å². The van der Waals surface area contributed by atoms with Crippen molar-refractivity contribution in [1.29, 1.82) is 0 Å². The minimum atomic E-state index is -0.472. The van der Waals surface area contributed by atoms with Gasteiger partial charge in [0.15, 0.2) is 0 Å². The Labute approximate surface area is 128 Å². The molecule has 0 saturated carbocycles. The largest absolute Gasteiger partial charge is 0.378 e. The van der Waals surface area contributed by atoms with Crippen LogP contribution < -0.4 is 10.2 Å². The normalized spacial score (nSPS) is 10.3. The second kappa shape index (κ2) is 6.59. The predicted octanol–water partition coefficient (Wildman–Crippen LogP) is 3.73. The number of halogens is 2. The van der Waals surface area contributed by atoms with E-state index in [0.29, 0.717) is 5.69 Å². The third-order valence-electron chi connectivity index (χ3n) is 3.07. The fourth-order valence-electron chi connectivity index (χ4n) is 1.91. The average molecular weight is 307 g/mol. The first kappa shape index (κ1) is 15.3. The number of carbonyl (C=O) groups is 1. The molecule has 0 bridgehead atoms. The van der Waals surface area contributed by atoms with Gasteiger partial charge >= 0.3 is 0 Å². The molecule has 110 valence electrons. The number of rotatable bonds is 4. The predicted molar refractivity (Wildman–Crippen MR) is 84.5 cm³/mol. The number of amides is 1. The molecule has 1 amide bonds. The van der Waals surface area contributed by atoms with E-state index in [1.807, 2.05) is 31.1 Å². The third-order valence-corrected chi connectivity index (χ3v) is 3.42. The lowest BCUT2D eigenvalue weighted by molar-refractivity contribution is -0.115. The lowest BCUT2D eigenvalue weighted by Gasteiger charge is -2.13. The first-order chi connectivity index (χ1) is 9.97. The number of hydrogen-bond donors (Lipinski definition) is 1. The molecule has 0 aromatic heterocycles. The van der Waals surface area contributed by atoms with Crippen LogP contribution in [0.15, 0.2) is 42.5 Å². The van der Waals surface area contributed by atoms with E-state index >= 15 is 0 Å². The fraction of sp³-hybridized carbons (Fsp3) is 0.188. The zero-order valence-corrected chi connectivity index (χ0v) is 12.6. The Balaban J connectivity index is 2.05. The Morgan fingerprint density at radius 3 is 2.43 bits per heavy atom. The van der Waals surface area contributed by atoms with Crippen molar-refractivity contribution in [2.75, 3.05) is 24.3 Å². The molecule has 0 radical (unpaired) electrons. The van der Waals surface area contributed by atoms with Gasteiger partial charge in [0, 0.05) is 36.1 Å². The first-order valence-electron chi connectivity index (χ1n) is 6.47. The number of anilines is 2. The van der Waals surface area contributed by atoms with Gasteiger partial charge in [-0.15, -0.1) is 0 Å². The summed E-state index contributed by atoms with van der Waals surface area (Å²) in [5, 5.41) is 2.99. The molecular weight excluding hydrogens is 291 g/mol. The molecule has 2 aromatic carbocycles. The van der Waals surface area contributed by atoms with E-state index < -0.39 is 5.82 Å². The molecule has 0 aliphatic heterocycles. The molecule has 0 spiro atoms. The summed E-state index contributed by atoms with van der Waals surface area (Å²) in [6.07, 6.45) is -0.0963. The van der Waals surface area contributed by atoms with E-state index in [0.717, 1.165) is 5.69 Å². The van der Waals surface area contributed by atoms with Crippen LogP contribution in [0, 0.1) is 5.82 Å². The minimum Gasteiger partial charge on any atom is -0.378 e. The van der Waals surface area contributed by atoms with E-state index in [1.54, 1.807) is 18.2 Å². The molecule has 1 N–H and O–H groups in total. The monoisotopic (exact) mass is 306 g/mol. The first-order valence-corrected chi connectivity index (χ1v) is 6.85. The standard InChI is InChI=1S/C16H16ClFN2O/c1-20(2)12-8-6-11(7-9-12)19-16(21)10-13-14(17)4-3-5-15(13)18/h3-9H,10H2,1-2H3,(H,19,21). The summed E-state index contributed by atoms with van der Waals surface area (Å²) in [4.78, 5) is 13.9. The molecule has 0 heterocycles. The highest BCUT2D eigenvalue weighted by Gasteiger charge is 2.12. The molecule has 2 rings (SSSR count). The zero-order valence-electron chi connectivity index (χ0n) is 11.9. The van der Waals surface area contributed by atoms with Gasteiger partial charge in [-0.1, -0.05) is 17.7 Å². The van der Waals surface area contributed by atoms with Crippen molar-refractivity contribution in [1.82, 2.24) is 0 Å². The molecule has 0 aliphatic carbocycles. The van der Waals surface area contributed by atoms with Gasteiger partial charge in [-0.3, -0.25) is 4.79 Å². The SMILES string of the molecule is CN(C)c1ccc(NC(=O)Cc2c(F)cccc2Cl)cc1. The highest BCUT2D eigenvalue weighted by molar-refractivity contribution is 6.31. The Morgan fingerprint density at radius 2 is 1.86 bits per heavy atom. The van der Waals surface area contributed by atoms with E-state index in [1.165, 1.54) is 12.1 Å². The Bertz CT molecular complexity index is 621. The van der Waals surface area contributed by atoms with Crippen molar-refractivity contribution in [2.45, 2.75) is 6.42 Å². The Morgan fingerprint density at radius 1 is 1.19 bits per heavy atom. The van der Waals surface area contributed by atoms with Crippen LogP contribution in [-0.4, -0.2) is 20.0 Å². The van der Waals surface area contributed by atoms with Gasteiger partial charge in [0.05, 0.1) is 6.42 Å². The number of carbonyl (C=O) groups excluding carboxylic acids is 1. The Hall–Kier alpha value is -2.07.